The highest BCUT2D eigenvalue weighted by molar-refractivity contribution is 6.42. The first-order valence-corrected chi connectivity index (χ1v) is 11.5. The molecule has 0 aliphatic carbocycles. The van der Waals surface area contributed by atoms with Crippen molar-refractivity contribution in [2.24, 2.45) is 0 Å². The van der Waals surface area contributed by atoms with Gasteiger partial charge in [0.15, 0.2) is 6.10 Å². The molecule has 0 spiro atoms. The van der Waals surface area contributed by atoms with Crippen LogP contribution in [0, 0.1) is 11.3 Å². The monoisotopic (exact) mass is 505 g/mol. The van der Waals surface area contributed by atoms with Crippen molar-refractivity contribution in [2.75, 3.05) is 32.9 Å². The lowest BCUT2D eigenvalue weighted by atomic mass is 10.1. The molecule has 2 atom stereocenters. The number of rotatable bonds is 9. The van der Waals surface area contributed by atoms with E-state index in [1.807, 2.05) is 36.4 Å². The molecule has 1 N–H and O–H groups in total. The van der Waals surface area contributed by atoms with Crippen LogP contribution in [0.5, 0.6) is 0 Å². The van der Waals surface area contributed by atoms with Gasteiger partial charge in [-0.1, -0.05) is 59.6 Å². The van der Waals surface area contributed by atoms with Crippen molar-refractivity contribution < 1.29 is 23.8 Å². The molecule has 34 heavy (non-hydrogen) atoms. The van der Waals surface area contributed by atoms with E-state index in [1.165, 1.54) is 4.90 Å². The fourth-order valence-corrected chi connectivity index (χ4v) is 3.58. The Labute approximate surface area is 208 Å². The topological polar surface area (TPSA) is 101 Å². The first kappa shape index (κ1) is 25.8. The van der Waals surface area contributed by atoms with E-state index in [0.717, 1.165) is 5.56 Å². The maximum Gasteiger partial charge on any atom is 0.410 e. The number of halogens is 2. The second-order valence-electron chi connectivity index (χ2n) is 7.62. The average Bonchev–Trinajstić information content (AvgIpc) is 2.86. The molecule has 2 aromatic rings. The number of nitrogens with one attached hydrogen (secondary N) is 1. The van der Waals surface area contributed by atoms with Gasteiger partial charge in [0, 0.05) is 19.5 Å². The maximum atomic E-state index is 13.0. The van der Waals surface area contributed by atoms with Crippen molar-refractivity contribution in [3.63, 3.8) is 0 Å². The van der Waals surface area contributed by atoms with Crippen molar-refractivity contribution in [1.29, 1.82) is 5.26 Å². The molecular formula is C24H25Cl2N3O5. The lowest BCUT2D eigenvalue weighted by Crippen LogP contribution is -2.48. The van der Waals surface area contributed by atoms with Crippen molar-refractivity contribution in [3.8, 4) is 6.07 Å². The third-order valence-electron chi connectivity index (χ3n) is 5.08. The number of nitrogens with zero attached hydrogens (tertiary/aromatic N) is 2. The molecule has 10 heteroatoms. The van der Waals surface area contributed by atoms with Crippen LogP contribution in [-0.2, 0) is 32.0 Å². The summed E-state index contributed by atoms with van der Waals surface area (Å²) in [6.07, 6.45) is -1.75. The Bertz CT molecular complexity index is 1010. The van der Waals surface area contributed by atoms with Crippen LogP contribution in [0.1, 0.15) is 11.1 Å². The Morgan fingerprint density at radius 3 is 2.50 bits per heavy atom. The lowest BCUT2D eigenvalue weighted by molar-refractivity contribution is -0.131. The Morgan fingerprint density at radius 2 is 1.82 bits per heavy atom. The zero-order chi connectivity index (χ0) is 24.3. The number of ether oxygens (including phenoxy) is 3. The summed E-state index contributed by atoms with van der Waals surface area (Å²) in [5.41, 5.74) is 1.60. The van der Waals surface area contributed by atoms with E-state index in [-0.39, 0.29) is 13.0 Å². The second kappa shape index (κ2) is 13.2. The summed E-state index contributed by atoms with van der Waals surface area (Å²) in [7, 11) is 0. The molecular weight excluding hydrogens is 481 g/mol. The van der Waals surface area contributed by atoms with Gasteiger partial charge in [-0.25, -0.2) is 4.79 Å². The van der Waals surface area contributed by atoms with Crippen LogP contribution in [0.4, 0.5) is 4.79 Å². The van der Waals surface area contributed by atoms with Crippen molar-refractivity contribution in [2.45, 2.75) is 25.2 Å². The van der Waals surface area contributed by atoms with Crippen LogP contribution in [-0.4, -0.2) is 62.0 Å². The standard InChI is InChI=1S/C24H25Cl2N3O5/c25-20-7-6-18(12-21(20)26)13-22(34-24(31)29-8-10-32-11-9-29)23(30)28-19(14-27)16-33-15-17-4-2-1-3-5-17/h1-7,12,19,22H,8-11,13,15-16H2,(H,28,30). The van der Waals surface area contributed by atoms with Gasteiger partial charge in [0.2, 0.25) is 0 Å². The molecule has 1 aliphatic rings. The second-order valence-corrected chi connectivity index (χ2v) is 8.43. The molecule has 1 aliphatic heterocycles. The van der Waals surface area contributed by atoms with Gasteiger partial charge < -0.3 is 24.4 Å². The van der Waals surface area contributed by atoms with E-state index in [1.54, 1.807) is 18.2 Å². The third kappa shape index (κ3) is 7.89. The normalized spacial score (nSPS) is 15.1. The van der Waals surface area contributed by atoms with Gasteiger partial charge in [-0.2, -0.15) is 5.26 Å². The molecule has 2 amide bonds. The molecule has 8 nitrogen and oxygen atoms in total. The van der Waals surface area contributed by atoms with Crippen LogP contribution >= 0.6 is 23.2 Å². The van der Waals surface area contributed by atoms with Crippen LogP contribution in [0.25, 0.3) is 0 Å². The smallest absolute Gasteiger partial charge is 0.410 e. The van der Waals surface area contributed by atoms with Gasteiger partial charge in [0.25, 0.3) is 5.91 Å². The number of hydrogen-bond acceptors (Lipinski definition) is 6. The van der Waals surface area contributed by atoms with E-state index < -0.39 is 24.1 Å². The Kier molecular flexibility index (Phi) is 9.98. The largest absolute Gasteiger partial charge is 0.436 e. The molecule has 0 bridgehead atoms. The van der Waals surface area contributed by atoms with Crippen LogP contribution in [0.2, 0.25) is 10.0 Å². The number of carbonyl (C=O) groups is 2. The number of nitriles is 1. The number of hydrogen-bond donors (Lipinski definition) is 1. The molecule has 3 rings (SSSR count). The molecule has 0 radical (unpaired) electrons. The molecule has 1 fully saturated rings. The zero-order valence-corrected chi connectivity index (χ0v) is 19.9. The Hall–Kier alpha value is -2.83. The quantitative estimate of drug-likeness (QED) is 0.558. The van der Waals surface area contributed by atoms with Gasteiger partial charge >= 0.3 is 6.09 Å². The minimum atomic E-state index is -1.18. The minimum Gasteiger partial charge on any atom is -0.436 e. The molecule has 1 heterocycles. The summed E-state index contributed by atoms with van der Waals surface area (Å²) in [6, 6.07) is 15.5. The van der Waals surface area contributed by atoms with E-state index >= 15 is 0 Å². The minimum absolute atomic E-state index is 0.0198. The van der Waals surface area contributed by atoms with Gasteiger partial charge in [0.1, 0.15) is 6.04 Å². The fourth-order valence-electron chi connectivity index (χ4n) is 3.26. The summed E-state index contributed by atoms with van der Waals surface area (Å²) in [6.45, 7) is 1.81. The summed E-state index contributed by atoms with van der Waals surface area (Å²) in [5.74, 6) is -0.609. The van der Waals surface area contributed by atoms with E-state index in [9.17, 15) is 14.9 Å². The van der Waals surface area contributed by atoms with Gasteiger partial charge in [-0.05, 0) is 23.3 Å². The average molecular weight is 506 g/mol. The highest BCUT2D eigenvalue weighted by atomic mass is 35.5. The molecule has 0 aromatic heterocycles. The highest BCUT2D eigenvalue weighted by Crippen LogP contribution is 2.23. The van der Waals surface area contributed by atoms with Crippen molar-refractivity contribution in [1.82, 2.24) is 10.2 Å². The summed E-state index contributed by atoms with van der Waals surface area (Å²) < 4.78 is 16.4. The molecule has 2 unspecified atom stereocenters. The number of amides is 2. The number of carbonyl (C=O) groups excluding carboxylic acids is 2. The predicted molar refractivity (Wildman–Crippen MR) is 126 cm³/mol. The van der Waals surface area contributed by atoms with Crippen LogP contribution < -0.4 is 5.32 Å². The zero-order valence-electron chi connectivity index (χ0n) is 18.4. The van der Waals surface area contributed by atoms with Gasteiger partial charge in [0.05, 0.1) is 42.5 Å². The Morgan fingerprint density at radius 1 is 1.09 bits per heavy atom. The third-order valence-corrected chi connectivity index (χ3v) is 5.82. The van der Waals surface area contributed by atoms with Crippen LogP contribution in [0.15, 0.2) is 48.5 Å². The first-order valence-electron chi connectivity index (χ1n) is 10.7. The molecule has 2 aromatic carbocycles. The van der Waals surface area contributed by atoms with Crippen molar-refractivity contribution in [3.05, 3.63) is 69.7 Å². The van der Waals surface area contributed by atoms with E-state index in [0.29, 0.717) is 48.5 Å². The van der Waals surface area contributed by atoms with Gasteiger partial charge in [-0.3, -0.25) is 4.79 Å². The fraction of sp³-hybridized carbons (Fsp3) is 0.375. The lowest BCUT2D eigenvalue weighted by Gasteiger charge is -2.28. The summed E-state index contributed by atoms with van der Waals surface area (Å²) in [4.78, 5) is 27.1. The number of morpholine rings is 1. The predicted octanol–water partition coefficient (Wildman–Crippen LogP) is 3.60. The summed E-state index contributed by atoms with van der Waals surface area (Å²) >= 11 is 12.1. The number of benzene rings is 2. The van der Waals surface area contributed by atoms with Crippen molar-refractivity contribution >= 4 is 35.2 Å². The SMILES string of the molecule is N#CC(COCc1ccccc1)NC(=O)C(Cc1ccc(Cl)c(Cl)c1)OC(=O)N1CCOCC1. The summed E-state index contributed by atoms with van der Waals surface area (Å²) in [5, 5.41) is 12.8. The highest BCUT2D eigenvalue weighted by Gasteiger charge is 2.29. The molecule has 0 saturated carbocycles. The molecule has 180 valence electrons. The van der Waals surface area contributed by atoms with Gasteiger partial charge in [-0.15, -0.1) is 0 Å². The molecule has 1 saturated heterocycles. The van der Waals surface area contributed by atoms with E-state index in [4.69, 9.17) is 37.4 Å². The van der Waals surface area contributed by atoms with E-state index in [2.05, 4.69) is 5.32 Å². The first-order chi connectivity index (χ1) is 16.5. The van der Waals surface area contributed by atoms with Crippen LogP contribution in [0.3, 0.4) is 0 Å². The Balaban J connectivity index is 1.64. The maximum absolute atomic E-state index is 13.0.